The average molecular weight is 372 g/mol. The van der Waals surface area contributed by atoms with Crippen LogP contribution in [0.5, 0.6) is 0 Å². The lowest BCUT2D eigenvalue weighted by Gasteiger charge is -2.33. The number of nitrogens with zero attached hydrogens (tertiary/aromatic N) is 1. The summed E-state index contributed by atoms with van der Waals surface area (Å²) in [5.41, 5.74) is 4.17. The summed E-state index contributed by atoms with van der Waals surface area (Å²) < 4.78 is 0. The lowest BCUT2D eigenvalue weighted by Crippen LogP contribution is -2.38. The number of benzene rings is 2. The Morgan fingerprint density at radius 2 is 1.74 bits per heavy atom. The summed E-state index contributed by atoms with van der Waals surface area (Å²) in [6.07, 6.45) is 1.41. The maximum absolute atomic E-state index is 13.3. The fourth-order valence-corrected chi connectivity index (χ4v) is 5.08. The van der Waals surface area contributed by atoms with Crippen molar-refractivity contribution < 1.29 is 4.79 Å². The Bertz CT molecular complexity index is 994. The van der Waals surface area contributed by atoms with Gasteiger partial charge in [-0.15, -0.1) is 11.3 Å². The molecule has 0 amide bonds. The Hall–Kier alpha value is -2.72. The summed E-state index contributed by atoms with van der Waals surface area (Å²) in [5, 5.41) is 5.70. The second-order valence-corrected chi connectivity index (χ2v) is 8.20. The van der Waals surface area contributed by atoms with Crippen molar-refractivity contribution in [2.75, 3.05) is 5.32 Å². The third-order valence-corrected chi connectivity index (χ3v) is 6.50. The number of nitrogens with one attached hydrogen (secondary N) is 1. The normalized spacial score (nSPS) is 24.2. The highest BCUT2D eigenvalue weighted by Gasteiger charge is 2.41. The number of thiophene rings is 1. The molecule has 0 spiro atoms. The van der Waals surface area contributed by atoms with E-state index in [4.69, 9.17) is 4.99 Å². The highest BCUT2D eigenvalue weighted by molar-refractivity contribution is 7.10. The van der Waals surface area contributed by atoms with Gasteiger partial charge in [-0.2, -0.15) is 0 Å². The van der Waals surface area contributed by atoms with Crippen LogP contribution in [0.25, 0.3) is 0 Å². The maximum atomic E-state index is 13.3. The first-order valence-electron chi connectivity index (χ1n) is 9.33. The topological polar surface area (TPSA) is 41.5 Å². The molecule has 27 heavy (non-hydrogen) atoms. The summed E-state index contributed by atoms with van der Waals surface area (Å²) in [7, 11) is 0. The number of para-hydroxylation sites is 2. The summed E-state index contributed by atoms with van der Waals surface area (Å²) in [6.45, 7) is 0. The van der Waals surface area contributed by atoms with Gasteiger partial charge in [0, 0.05) is 17.0 Å². The second kappa shape index (κ2) is 6.78. The predicted octanol–water partition coefficient (Wildman–Crippen LogP) is 5.75. The van der Waals surface area contributed by atoms with Gasteiger partial charge in [-0.3, -0.25) is 9.79 Å². The van der Waals surface area contributed by atoms with Crippen molar-refractivity contribution in [3.8, 4) is 0 Å². The van der Waals surface area contributed by atoms with E-state index in [1.54, 1.807) is 11.3 Å². The largest absolute Gasteiger partial charge is 0.375 e. The molecule has 0 radical (unpaired) electrons. The molecule has 1 N–H and O–H groups in total. The molecule has 1 aromatic heterocycles. The van der Waals surface area contributed by atoms with Crippen molar-refractivity contribution in [1.82, 2.24) is 0 Å². The van der Waals surface area contributed by atoms with E-state index in [2.05, 4.69) is 41.0 Å². The zero-order valence-electron chi connectivity index (χ0n) is 14.8. The fraction of sp³-hybridized carbons (Fsp3) is 0.217. The molecule has 3 atom stereocenters. The van der Waals surface area contributed by atoms with Crippen LogP contribution in [0.3, 0.4) is 0 Å². The zero-order valence-corrected chi connectivity index (χ0v) is 15.7. The molecule has 2 aliphatic rings. The zero-order chi connectivity index (χ0) is 18.2. The minimum absolute atomic E-state index is 0.0448. The Labute approximate surface area is 162 Å². The van der Waals surface area contributed by atoms with Crippen LogP contribution in [0.15, 0.2) is 77.1 Å². The minimum Gasteiger partial charge on any atom is -0.375 e. The molecule has 1 saturated carbocycles. The first kappa shape index (κ1) is 16.5. The molecule has 2 heterocycles. The number of ketones is 1. The number of carbonyl (C=O) groups is 1. The van der Waals surface area contributed by atoms with Gasteiger partial charge in [0.2, 0.25) is 0 Å². The second-order valence-electron chi connectivity index (χ2n) is 7.22. The van der Waals surface area contributed by atoms with Gasteiger partial charge in [0.05, 0.1) is 23.3 Å². The Kier molecular flexibility index (Phi) is 4.13. The van der Waals surface area contributed by atoms with Crippen LogP contribution in [-0.2, 0) is 4.79 Å². The molecule has 4 heteroatoms. The molecule has 1 aliphatic heterocycles. The van der Waals surface area contributed by atoms with Crippen molar-refractivity contribution in [1.29, 1.82) is 0 Å². The Morgan fingerprint density at radius 1 is 0.926 bits per heavy atom. The number of anilines is 1. The number of aliphatic imine (C=N–C) groups is 1. The number of Topliss-reactive ketones (excluding diaryl/α,β-unsaturated/α-hetero) is 1. The molecule has 3 aromatic rings. The fourth-order valence-electron chi connectivity index (χ4n) is 4.26. The van der Waals surface area contributed by atoms with Crippen molar-refractivity contribution in [2.45, 2.75) is 24.8 Å². The van der Waals surface area contributed by atoms with Gasteiger partial charge < -0.3 is 5.32 Å². The molecule has 134 valence electrons. The molecule has 1 fully saturated rings. The van der Waals surface area contributed by atoms with E-state index < -0.39 is 0 Å². The molecule has 5 rings (SSSR count). The van der Waals surface area contributed by atoms with Crippen LogP contribution >= 0.6 is 11.3 Å². The van der Waals surface area contributed by atoms with E-state index in [0.717, 1.165) is 23.5 Å². The van der Waals surface area contributed by atoms with E-state index in [0.29, 0.717) is 6.42 Å². The molecule has 0 bridgehead atoms. The van der Waals surface area contributed by atoms with Crippen LogP contribution in [0, 0.1) is 5.92 Å². The predicted molar refractivity (Wildman–Crippen MR) is 111 cm³/mol. The number of hydrogen-bond donors (Lipinski definition) is 1. The summed E-state index contributed by atoms with van der Waals surface area (Å²) in [4.78, 5) is 19.5. The van der Waals surface area contributed by atoms with Crippen molar-refractivity contribution in [3.05, 3.63) is 82.6 Å². The SMILES string of the molecule is O=C1C[C@H](c2ccccc2)CC2=Nc3ccccc3N[C@@H](c3cccs3)C12. The number of rotatable bonds is 2. The number of carbonyl (C=O) groups excluding carboxylic acids is 1. The minimum atomic E-state index is -0.198. The van der Waals surface area contributed by atoms with Crippen LogP contribution in [0.4, 0.5) is 11.4 Å². The highest BCUT2D eigenvalue weighted by Crippen LogP contribution is 2.44. The van der Waals surface area contributed by atoms with E-state index >= 15 is 0 Å². The maximum Gasteiger partial charge on any atom is 0.144 e. The van der Waals surface area contributed by atoms with Crippen molar-refractivity contribution >= 4 is 34.2 Å². The molecule has 0 saturated heterocycles. The molecule has 1 aliphatic carbocycles. The lowest BCUT2D eigenvalue weighted by atomic mass is 9.73. The van der Waals surface area contributed by atoms with Crippen LogP contribution in [-0.4, -0.2) is 11.5 Å². The first-order chi connectivity index (χ1) is 13.3. The lowest BCUT2D eigenvalue weighted by molar-refractivity contribution is -0.122. The van der Waals surface area contributed by atoms with Crippen molar-refractivity contribution in [2.24, 2.45) is 10.9 Å². The Morgan fingerprint density at radius 3 is 2.56 bits per heavy atom. The number of fused-ring (bicyclic) bond motifs is 2. The van der Waals surface area contributed by atoms with Gasteiger partial charge in [-0.1, -0.05) is 48.5 Å². The van der Waals surface area contributed by atoms with Crippen LogP contribution in [0.2, 0.25) is 0 Å². The van der Waals surface area contributed by atoms with Crippen LogP contribution < -0.4 is 5.32 Å². The van der Waals surface area contributed by atoms with E-state index in [-0.39, 0.29) is 23.7 Å². The third kappa shape index (κ3) is 3.00. The quantitative estimate of drug-likeness (QED) is 0.622. The van der Waals surface area contributed by atoms with Gasteiger partial charge in [0.1, 0.15) is 5.78 Å². The molecule has 2 aromatic carbocycles. The summed E-state index contributed by atoms with van der Waals surface area (Å²) in [5.74, 6) is 0.298. The summed E-state index contributed by atoms with van der Waals surface area (Å²) in [6, 6.07) is 22.6. The Balaban J connectivity index is 1.60. The van der Waals surface area contributed by atoms with E-state index in [9.17, 15) is 4.79 Å². The van der Waals surface area contributed by atoms with Gasteiger partial charge in [0.15, 0.2) is 0 Å². The van der Waals surface area contributed by atoms with Gasteiger partial charge in [0.25, 0.3) is 0 Å². The molecule has 3 nitrogen and oxygen atoms in total. The monoisotopic (exact) mass is 372 g/mol. The number of hydrogen-bond acceptors (Lipinski definition) is 4. The highest BCUT2D eigenvalue weighted by atomic mass is 32.1. The standard InChI is InChI=1S/C23H20N2OS/c26-20-14-16(15-7-2-1-3-8-15)13-19-22(20)23(21-11-6-12-27-21)25-18-10-5-4-9-17(18)24-19/h1-12,16,22-23,25H,13-14H2/t16-,22?,23+/m1/s1. The summed E-state index contributed by atoms with van der Waals surface area (Å²) >= 11 is 1.70. The molecular formula is C23H20N2OS. The van der Waals surface area contributed by atoms with Gasteiger partial charge in [-0.05, 0) is 41.5 Å². The first-order valence-corrected chi connectivity index (χ1v) is 10.2. The van der Waals surface area contributed by atoms with E-state index in [1.807, 2.05) is 36.4 Å². The average Bonchev–Trinajstić information content (AvgIpc) is 3.17. The third-order valence-electron chi connectivity index (χ3n) is 5.54. The van der Waals surface area contributed by atoms with E-state index in [1.165, 1.54) is 10.4 Å². The van der Waals surface area contributed by atoms with Crippen molar-refractivity contribution in [3.63, 3.8) is 0 Å². The van der Waals surface area contributed by atoms with Gasteiger partial charge in [-0.25, -0.2) is 0 Å². The van der Waals surface area contributed by atoms with Crippen LogP contribution in [0.1, 0.15) is 35.2 Å². The van der Waals surface area contributed by atoms with Gasteiger partial charge >= 0.3 is 0 Å². The smallest absolute Gasteiger partial charge is 0.144 e. The molecular weight excluding hydrogens is 352 g/mol. The molecule has 1 unspecified atom stereocenters.